The van der Waals surface area contributed by atoms with Crippen LogP contribution in [0.4, 0.5) is 25.8 Å². The maximum atomic E-state index is 14.8. The first-order valence-corrected chi connectivity index (χ1v) is 50.6. The number of thioether (sulfide) groups is 1. The molecule has 4 aliphatic heterocycles. The van der Waals surface area contributed by atoms with Gasteiger partial charge in [0, 0.05) is 104 Å². The van der Waals surface area contributed by atoms with E-state index < -0.39 is 216 Å². The molecule has 1 aromatic heterocycles. The largest absolute Gasteiger partial charge is 0.492 e. The summed E-state index contributed by atoms with van der Waals surface area (Å²) in [6.45, 7) is 16.2. The monoisotopic (exact) mass is 2150 g/mol. The van der Waals surface area contributed by atoms with Crippen LogP contribution in [-0.2, 0) is 92.3 Å². The van der Waals surface area contributed by atoms with E-state index in [-0.39, 0.29) is 127 Å². The van der Waals surface area contributed by atoms with Crippen molar-refractivity contribution in [2.75, 3.05) is 84.8 Å². The number of aliphatic hydroxyl groups is 5. The van der Waals surface area contributed by atoms with Crippen molar-refractivity contribution in [3.05, 3.63) is 120 Å². The minimum absolute atomic E-state index is 0.0159. The molecule has 2 aliphatic carbocycles. The van der Waals surface area contributed by atoms with Crippen molar-refractivity contribution in [3.8, 4) is 40.9 Å². The highest BCUT2D eigenvalue weighted by Crippen LogP contribution is 2.50. The minimum Gasteiger partial charge on any atom is -0.492 e. The summed E-state index contributed by atoms with van der Waals surface area (Å²) in [6, 6.07) is 6.25. The Morgan fingerprint density at radius 3 is 2.13 bits per heavy atom. The molecule has 4 aromatic rings. The number of primary amides is 1. The number of nitrogens with zero attached hydrogens (tertiary/aromatic N) is 1. The molecule has 8 amide bonds. The van der Waals surface area contributed by atoms with Crippen molar-refractivity contribution in [1.82, 2.24) is 31.6 Å². The van der Waals surface area contributed by atoms with Crippen molar-refractivity contribution in [2.24, 2.45) is 17.4 Å². The first kappa shape index (κ1) is 114. The molecule has 0 spiro atoms. The normalized spacial score (nSPS) is 26.7. The average molecular weight is 2160 g/mol. The molecule has 0 radical (unpaired) electrons. The molecule has 142 heavy (non-hydrogen) atoms. The summed E-state index contributed by atoms with van der Waals surface area (Å²) >= 11 is 2.73. The molecule has 23 atom stereocenters. The van der Waals surface area contributed by atoms with Gasteiger partial charge in [0.15, 0.2) is 41.8 Å². The van der Waals surface area contributed by atoms with Crippen LogP contribution >= 0.6 is 55.9 Å². The number of Topliss-reactive ketones (excluding diaryl/α,β-unsaturated/α-hetero) is 1. The number of nitrogens with two attached hydrogens (primary N) is 2. The molecule has 0 unspecified atom stereocenters. The van der Waals surface area contributed by atoms with E-state index >= 15 is 0 Å². The standard InChI is InChI=1S/C96H127IN10O32S3/c1-16-107(95(122)131-45-55-27-29-56(30-28-55)102-87(116)62(25-23-36-100-93(99)120)104-89(118)76(47(2)3)105-88(117)61(101-54(10)108)24-20-22-35-98)63-46-129-71(42-68(63)124-11)137-84-79(114)77(106-139-72-41-64(109)86(53(9)132-72)141-90(119)73-50(6)75(97)82(85(128-15)81(73)126-13)138-91-80(115)83(127-14)78(113)52(8)134-91)51(7)133-92(84)136-66-26-19-17-18-21-34-96(123)43-65(110)59(40-69(111)125-12)74(66)60(96)33-37-140-142-49(5)44-130-94(121)103-57-31-32-58-48(4)38-70(112)135-67(58)39-57/h17-18,27-33,38-39,47,49,51-53,61-64,66,68,71-72,76-80,83-84,86,91-92,106,109,113-115,123H,16,20,22-25,35-37,40-46,98H2,1-15H3,(H,101,108)(H,102,116)(H,103,121)(H,104,118)(H,105,117)(H3,99,100,120)/b18-17-,60-33+/t49-,51-,52+,53-,61+,62+,63+,64+,66+,68+,71+,72+,76+,77-,78+,79+,80-,83-,84-,86-,91+,92+,96+/m1/s1. The number of halogens is 1. The van der Waals surface area contributed by atoms with E-state index in [9.17, 15) is 78.3 Å². The van der Waals surface area contributed by atoms with Crippen molar-refractivity contribution in [1.29, 1.82) is 0 Å². The number of hydroxylamine groups is 1. The van der Waals surface area contributed by atoms with Crippen LogP contribution in [-0.4, -0.2) is 302 Å². The van der Waals surface area contributed by atoms with Crippen LogP contribution in [0.1, 0.15) is 140 Å². The van der Waals surface area contributed by atoms with E-state index in [4.69, 9.17) is 87.0 Å². The number of aryl methyl sites for hydroxylation is 1. The fourth-order valence-electron chi connectivity index (χ4n) is 16.9. The Bertz CT molecular complexity index is 5410. The number of likely N-dealkylation sites (N-methyl/N-ethyl adjacent to an activating group) is 1. The number of anilines is 2. The van der Waals surface area contributed by atoms with Crippen LogP contribution in [0.2, 0.25) is 0 Å². The highest BCUT2D eigenvalue weighted by Gasteiger charge is 2.53. The van der Waals surface area contributed by atoms with Gasteiger partial charge < -0.3 is 139 Å². The second-order valence-electron chi connectivity index (χ2n) is 34.9. The van der Waals surface area contributed by atoms with Gasteiger partial charge in [0.25, 0.3) is 0 Å². The lowest BCUT2D eigenvalue weighted by atomic mass is 9.72. The summed E-state index contributed by atoms with van der Waals surface area (Å²) in [5, 5.41) is 74.7. The minimum atomic E-state index is -2.26. The Balaban J connectivity index is 0.867. The highest BCUT2D eigenvalue weighted by molar-refractivity contribution is 14.1. The van der Waals surface area contributed by atoms with Crippen molar-refractivity contribution in [3.63, 3.8) is 0 Å². The molecule has 5 heterocycles. The number of fused-ring (bicyclic) bond motifs is 3. The molecule has 4 fully saturated rings. The van der Waals surface area contributed by atoms with Crippen LogP contribution in [0, 0.1) is 47.0 Å². The molecular weight excluding hydrogens is 2030 g/mol. The van der Waals surface area contributed by atoms with Gasteiger partial charge in [-0.05, 0) is 169 Å². The summed E-state index contributed by atoms with van der Waals surface area (Å²) < 4.78 is 91.0. The maximum Gasteiger partial charge on any atom is 0.411 e. The molecule has 6 aliphatic rings. The lowest BCUT2D eigenvalue weighted by molar-refractivity contribution is -0.337. The van der Waals surface area contributed by atoms with Gasteiger partial charge in [-0.3, -0.25) is 43.7 Å². The van der Waals surface area contributed by atoms with E-state index in [0.29, 0.717) is 50.7 Å². The average Bonchev–Trinajstić information content (AvgIpc) is 0.749. The Labute approximate surface area is 847 Å². The number of unbranched alkanes of at least 4 members (excludes halogenated alkanes) is 1. The predicted octanol–water partition coefficient (Wildman–Crippen LogP) is 5.92. The SMILES string of the molecule is CCN(C(=O)OCc1ccc(NC(=O)[C@H](CCCNC(N)=O)NC(=O)[C@@H](NC(=O)[C@H](CCCCN)NC(C)=O)C(C)C)cc1)[C@H]1CO[C@@H](O[C@H]2[C@H](O[C@H]3C#C/C=C\C#C[C@]4(O)CC(=O)C(CC(=O)OC)=C3/C4=C\CSS[C@H](C)COC(=O)Nc3ccc4c(C)cc(=O)oc4c3)O[C@H](C)[C@@H](NO[C@H]3C[C@H](O)[C@H](SC(=O)c4c(C)c(I)c(O[C@@H]5O[C@@H](C)[C@H](O)[C@@H](OC)[C@H]5O)c(OC)c4OC)[C@@H](C)O3)[C@@H]2O)C[C@@H]1OC. The number of ketones is 1. The van der Waals surface area contributed by atoms with Gasteiger partial charge >= 0.3 is 29.8 Å². The lowest BCUT2D eigenvalue weighted by Crippen LogP contribution is -2.65. The summed E-state index contributed by atoms with van der Waals surface area (Å²) in [5.74, 6) is 7.17. The molecule has 3 aromatic carbocycles. The summed E-state index contributed by atoms with van der Waals surface area (Å²) in [6.07, 6.45) is -17.0. The number of carbonyl (C=O) groups excluding carboxylic acids is 10. The second-order valence-corrected chi connectivity index (χ2v) is 39.9. The van der Waals surface area contributed by atoms with Gasteiger partial charge in [-0.25, -0.2) is 19.2 Å². The molecule has 2 bridgehead atoms. The first-order chi connectivity index (χ1) is 67.7. The number of nitrogens with one attached hydrogen (secondary N) is 7. The zero-order chi connectivity index (χ0) is 104. The number of amides is 8. The zero-order valence-electron chi connectivity index (χ0n) is 81.4. The van der Waals surface area contributed by atoms with E-state index in [1.54, 1.807) is 105 Å². The van der Waals surface area contributed by atoms with Crippen LogP contribution in [0.3, 0.4) is 0 Å². The zero-order valence-corrected chi connectivity index (χ0v) is 86.0. The van der Waals surface area contributed by atoms with E-state index in [2.05, 4.69) is 61.1 Å². The first-order valence-electron chi connectivity index (χ1n) is 46.2. The van der Waals surface area contributed by atoms with Crippen molar-refractivity contribution < 1.29 is 149 Å². The number of hydrogen-bond donors (Lipinski definition) is 14. The third-order valence-electron chi connectivity index (χ3n) is 24.3. The third kappa shape index (κ3) is 30.0. The number of benzene rings is 3. The van der Waals surface area contributed by atoms with Gasteiger partial charge in [0.1, 0.15) is 73.5 Å². The highest BCUT2D eigenvalue weighted by atomic mass is 127. The third-order valence-corrected chi connectivity index (χ3v) is 29.7. The number of methoxy groups -OCH3 is 5. The van der Waals surface area contributed by atoms with Crippen LogP contribution in [0.5, 0.6) is 17.2 Å². The molecule has 42 nitrogen and oxygen atoms in total. The number of ether oxygens (including phenoxy) is 14. The Kier molecular flexibility index (Phi) is 43.3. The van der Waals surface area contributed by atoms with Gasteiger partial charge in [0.2, 0.25) is 40.8 Å². The van der Waals surface area contributed by atoms with E-state index in [1.165, 1.54) is 86.1 Å². The second kappa shape index (κ2) is 53.9. The van der Waals surface area contributed by atoms with Gasteiger partial charge in [-0.15, -0.1) is 0 Å². The number of rotatable bonds is 44. The maximum absolute atomic E-state index is 14.8. The Morgan fingerprint density at radius 1 is 0.754 bits per heavy atom. The lowest BCUT2D eigenvalue weighted by Gasteiger charge is -2.47. The van der Waals surface area contributed by atoms with Gasteiger partial charge in [-0.1, -0.05) is 89.1 Å². The Morgan fingerprint density at radius 2 is 1.46 bits per heavy atom. The molecular formula is C96H127IN10O32S3. The van der Waals surface area contributed by atoms with Crippen LogP contribution in [0.15, 0.2) is 92.7 Å². The fraction of sp³-hybridized carbons (Fsp3) is 0.573. The van der Waals surface area contributed by atoms with Crippen LogP contribution < -0.4 is 68.7 Å². The van der Waals surface area contributed by atoms with Crippen molar-refractivity contribution in [2.45, 2.75) is 272 Å². The number of allylic oxidation sites excluding steroid dienone is 2. The molecule has 10 rings (SSSR count). The van der Waals surface area contributed by atoms with E-state index in [1.807, 2.05) is 22.6 Å². The fourth-order valence-corrected chi connectivity index (χ4v) is 20.6. The number of esters is 1. The smallest absolute Gasteiger partial charge is 0.411 e. The van der Waals surface area contributed by atoms with E-state index in [0.717, 1.165) is 18.9 Å². The number of hydrogen-bond acceptors (Lipinski definition) is 37. The number of carbonyl (C=O) groups is 10. The summed E-state index contributed by atoms with van der Waals surface area (Å²) in [4.78, 5) is 156. The topological polar surface area (TPSA) is 580 Å². The van der Waals surface area contributed by atoms with Crippen LogP contribution in [0.25, 0.3) is 11.0 Å². The van der Waals surface area contributed by atoms with Crippen molar-refractivity contribution >= 4 is 137 Å². The predicted molar refractivity (Wildman–Crippen MR) is 529 cm³/mol. The summed E-state index contributed by atoms with van der Waals surface area (Å²) in [7, 11) is 9.11. The number of aliphatic hydroxyl groups excluding tert-OH is 4. The molecule has 0 saturated carbocycles. The summed E-state index contributed by atoms with van der Waals surface area (Å²) in [5.41, 5.74) is 13.3. The molecule has 4 saturated heterocycles. The number of urea groups is 1. The molecule has 16 N–H and O–H groups in total. The molecule has 46 heteroatoms. The van der Waals surface area contributed by atoms with Gasteiger partial charge in [0.05, 0.1) is 97.8 Å². The Hall–Kier alpha value is -9.75. The molecule has 778 valence electrons. The van der Waals surface area contributed by atoms with Gasteiger partial charge in [-0.2, -0.15) is 5.48 Å². The quantitative estimate of drug-likeness (QED) is 0.00357.